The number of carbonyl (C=O) groups excluding carboxylic acids is 3. The van der Waals surface area contributed by atoms with E-state index >= 15 is 0 Å². The molecular weight excluding hydrogens is 424 g/mol. The van der Waals surface area contributed by atoms with Gasteiger partial charge in [-0.2, -0.15) is 0 Å². The van der Waals surface area contributed by atoms with Crippen molar-refractivity contribution in [3.05, 3.63) is 70.8 Å². The van der Waals surface area contributed by atoms with Crippen molar-refractivity contribution in [2.75, 3.05) is 7.11 Å². The fraction of sp³-hybridized carbons (Fsp3) is 0.360. The monoisotopic (exact) mass is 452 g/mol. The van der Waals surface area contributed by atoms with Gasteiger partial charge in [-0.25, -0.2) is 4.79 Å². The summed E-state index contributed by atoms with van der Waals surface area (Å²) in [6.07, 6.45) is 2.37. The van der Waals surface area contributed by atoms with Gasteiger partial charge in [0.05, 0.1) is 18.2 Å². The number of amides is 2. The Morgan fingerprint density at radius 1 is 1.00 bits per heavy atom. The van der Waals surface area contributed by atoms with E-state index in [0.717, 1.165) is 23.3 Å². The molecule has 2 atom stereocenters. The summed E-state index contributed by atoms with van der Waals surface area (Å²) in [5.41, 5.74) is 1.87. The number of nitrogens with one attached hydrogen (secondary N) is 1. The zero-order valence-corrected chi connectivity index (χ0v) is 18.7. The minimum absolute atomic E-state index is 0.0451. The molecule has 8 heteroatoms. The second-order valence-corrected chi connectivity index (χ2v) is 7.95. The summed E-state index contributed by atoms with van der Waals surface area (Å²) < 4.78 is 4.89. The number of carboxylic acid groups (broad SMARTS) is 1. The van der Waals surface area contributed by atoms with Gasteiger partial charge in [-0.1, -0.05) is 56.2 Å². The lowest BCUT2D eigenvalue weighted by molar-refractivity contribution is -0.143. The molecule has 174 valence electrons. The molecule has 0 unspecified atom stereocenters. The molecule has 0 aromatic heterocycles. The zero-order chi connectivity index (χ0) is 24.0. The summed E-state index contributed by atoms with van der Waals surface area (Å²) in [5.74, 6) is -2.83. The predicted molar refractivity (Wildman–Crippen MR) is 121 cm³/mol. The normalized spacial score (nSPS) is 14.7. The van der Waals surface area contributed by atoms with Crippen LogP contribution in [0, 0.1) is 0 Å². The first-order chi connectivity index (χ1) is 15.9. The third-order valence-corrected chi connectivity index (χ3v) is 5.82. The lowest BCUT2D eigenvalue weighted by Gasteiger charge is -2.24. The van der Waals surface area contributed by atoms with E-state index in [9.17, 15) is 24.3 Å². The molecule has 8 nitrogen and oxygen atoms in total. The predicted octanol–water partition coefficient (Wildman–Crippen LogP) is 2.80. The molecule has 1 heterocycles. The smallest absolute Gasteiger partial charge is 0.327 e. The number of carboxylic acids is 1. The van der Waals surface area contributed by atoms with E-state index in [-0.39, 0.29) is 23.5 Å². The standard InChI is InChI=1S/C25H28N2O6/c1-3-4-13-20(25(32)33-2)26-15-17-10-6-5-9-16(17)14-21(24(30)31)27-22(28)18-11-7-8-12-19(18)23(27)29/h5-12,20-21,26H,3-4,13-15H2,1-2H3,(H,30,31)/t20-,21-/m0/s1. The molecule has 2 aromatic rings. The Kier molecular flexibility index (Phi) is 7.95. The fourth-order valence-corrected chi connectivity index (χ4v) is 4.00. The topological polar surface area (TPSA) is 113 Å². The van der Waals surface area contributed by atoms with Crippen LogP contribution in [-0.2, 0) is 27.3 Å². The minimum atomic E-state index is -1.35. The third-order valence-electron chi connectivity index (χ3n) is 5.82. The van der Waals surface area contributed by atoms with Crippen molar-refractivity contribution >= 4 is 23.8 Å². The summed E-state index contributed by atoms with van der Waals surface area (Å²) >= 11 is 0. The number of rotatable bonds is 11. The van der Waals surface area contributed by atoms with Crippen molar-refractivity contribution in [1.29, 1.82) is 0 Å². The Morgan fingerprint density at radius 2 is 1.58 bits per heavy atom. The Labute approximate surface area is 192 Å². The number of methoxy groups -OCH3 is 1. The molecule has 33 heavy (non-hydrogen) atoms. The number of fused-ring (bicyclic) bond motifs is 1. The summed E-state index contributed by atoms with van der Waals surface area (Å²) in [7, 11) is 1.34. The quantitative estimate of drug-likeness (QED) is 0.398. The van der Waals surface area contributed by atoms with E-state index in [4.69, 9.17) is 4.74 Å². The Hall–Kier alpha value is -3.52. The van der Waals surface area contributed by atoms with Gasteiger partial charge in [0.25, 0.3) is 11.8 Å². The molecule has 0 fully saturated rings. The van der Waals surface area contributed by atoms with Crippen LogP contribution < -0.4 is 5.32 Å². The van der Waals surface area contributed by atoms with Crippen LogP contribution in [0.1, 0.15) is 58.0 Å². The van der Waals surface area contributed by atoms with E-state index in [2.05, 4.69) is 5.32 Å². The molecule has 0 saturated carbocycles. The largest absolute Gasteiger partial charge is 0.480 e. The fourth-order valence-electron chi connectivity index (χ4n) is 4.00. The number of imide groups is 1. The number of hydrogen-bond acceptors (Lipinski definition) is 6. The highest BCUT2D eigenvalue weighted by Crippen LogP contribution is 2.26. The molecule has 3 rings (SSSR count). The number of hydrogen-bond donors (Lipinski definition) is 2. The number of benzene rings is 2. The van der Waals surface area contributed by atoms with Crippen LogP contribution in [-0.4, -0.2) is 53.0 Å². The lowest BCUT2D eigenvalue weighted by Crippen LogP contribution is -2.46. The van der Waals surface area contributed by atoms with Gasteiger partial charge in [0, 0.05) is 13.0 Å². The average molecular weight is 453 g/mol. The van der Waals surface area contributed by atoms with Crippen LogP contribution in [0.4, 0.5) is 0 Å². The Balaban J connectivity index is 1.81. The second-order valence-electron chi connectivity index (χ2n) is 7.95. The Bertz CT molecular complexity index is 1020. The molecule has 2 aromatic carbocycles. The van der Waals surface area contributed by atoms with Gasteiger partial charge in [0.2, 0.25) is 0 Å². The van der Waals surface area contributed by atoms with Crippen LogP contribution in [0.25, 0.3) is 0 Å². The highest BCUT2D eigenvalue weighted by atomic mass is 16.5. The molecule has 0 radical (unpaired) electrons. The van der Waals surface area contributed by atoms with E-state index in [1.165, 1.54) is 19.2 Å². The lowest BCUT2D eigenvalue weighted by atomic mass is 9.98. The summed E-state index contributed by atoms with van der Waals surface area (Å²) in [6.45, 7) is 2.35. The van der Waals surface area contributed by atoms with Crippen LogP contribution in [0.15, 0.2) is 48.5 Å². The van der Waals surface area contributed by atoms with Crippen molar-refractivity contribution in [1.82, 2.24) is 10.2 Å². The van der Waals surface area contributed by atoms with Crippen LogP contribution in [0.3, 0.4) is 0 Å². The Morgan fingerprint density at radius 3 is 2.12 bits per heavy atom. The van der Waals surface area contributed by atoms with Gasteiger partial charge >= 0.3 is 11.9 Å². The SMILES string of the molecule is CCCC[C@H](NCc1ccccc1C[C@@H](C(=O)O)N1C(=O)c2ccccc2C1=O)C(=O)OC. The molecule has 0 bridgehead atoms. The van der Waals surface area contributed by atoms with Gasteiger partial charge in [-0.3, -0.25) is 19.3 Å². The van der Waals surface area contributed by atoms with E-state index in [1.807, 2.05) is 19.1 Å². The second kappa shape index (κ2) is 10.9. The van der Waals surface area contributed by atoms with Crippen molar-refractivity contribution in [3.63, 3.8) is 0 Å². The number of aliphatic carboxylic acids is 1. The maximum Gasteiger partial charge on any atom is 0.327 e. The first-order valence-corrected chi connectivity index (χ1v) is 11.0. The van der Waals surface area contributed by atoms with Crippen molar-refractivity contribution in [3.8, 4) is 0 Å². The van der Waals surface area contributed by atoms with Crippen molar-refractivity contribution in [2.24, 2.45) is 0 Å². The highest BCUT2D eigenvalue weighted by molar-refractivity contribution is 6.22. The molecule has 0 saturated heterocycles. The zero-order valence-electron chi connectivity index (χ0n) is 18.7. The molecule has 0 spiro atoms. The third kappa shape index (κ3) is 5.28. The van der Waals surface area contributed by atoms with Gasteiger partial charge in [-0.15, -0.1) is 0 Å². The van der Waals surface area contributed by atoms with Gasteiger partial charge in [0.1, 0.15) is 12.1 Å². The van der Waals surface area contributed by atoms with Gasteiger partial charge < -0.3 is 15.2 Å². The average Bonchev–Trinajstić information content (AvgIpc) is 3.07. The van der Waals surface area contributed by atoms with E-state index in [0.29, 0.717) is 18.5 Å². The number of nitrogens with zero attached hydrogens (tertiary/aromatic N) is 1. The number of unbranched alkanes of at least 4 members (excludes halogenated alkanes) is 1. The number of ether oxygens (including phenoxy) is 1. The maximum absolute atomic E-state index is 12.8. The van der Waals surface area contributed by atoms with E-state index < -0.39 is 29.9 Å². The summed E-state index contributed by atoms with van der Waals surface area (Å²) in [6, 6.07) is 11.7. The van der Waals surface area contributed by atoms with Crippen molar-refractivity contribution < 1.29 is 29.0 Å². The van der Waals surface area contributed by atoms with E-state index in [1.54, 1.807) is 24.3 Å². The minimum Gasteiger partial charge on any atom is -0.480 e. The number of esters is 1. The first-order valence-electron chi connectivity index (χ1n) is 11.0. The molecular formula is C25H28N2O6. The first kappa shape index (κ1) is 24.1. The molecule has 1 aliphatic heterocycles. The van der Waals surface area contributed by atoms with Gasteiger partial charge in [0.15, 0.2) is 0 Å². The van der Waals surface area contributed by atoms with Gasteiger partial charge in [-0.05, 0) is 29.7 Å². The van der Waals surface area contributed by atoms with Crippen LogP contribution >= 0.6 is 0 Å². The van der Waals surface area contributed by atoms with Crippen molar-refractivity contribution in [2.45, 2.75) is 51.2 Å². The summed E-state index contributed by atoms with van der Waals surface area (Å²) in [5, 5.41) is 13.1. The molecule has 0 aliphatic carbocycles. The highest BCUT2D eigenvalue weighted by Gasteiger charge is 2.42. The maximum atomic E-state index is 12.8. The molecule has 2 N–H and O–H groups in total. The van der Waals surface area contributed by atoms with Crippen LogP contribution in [0.5, 0.6) is 0 Å². The molecule has 1 aliphatic rings. The molecule has 2 amide bonds. The van der Waals surface area contributed by atoms with Crippen LogP contribution in [0.2, 0.25) is 0 Å². The summed E-state index contributed by atoms with van der Waals surface area (Å²) in [4.78, 5) is 50.7. The number of carbonyl (C=O) groups is 4.